The van der Waals surface area contributed by atoms with Crippen molar-refractivity contribution >= 4 is 16.0 Å². The van der Waals surface area contributed by atoms with Crippen LogP contribution < -0.4 is 4.72 Å². The van der Waals surface area contributed by atoms with E-state index in [2.05, 4.69) is 9.46 Å². The number of hydrogen-bond acceptors (Lipinski definition) is 5. The maximum absolute atomic E-state index is 12.3. The van der Waals surface area contributed by atoms with Crippen molar-refractivity contribution in [3.8, 4) is 0 Å². The van der Waals surface area contributed by atoms with Gasteiger partial charge in [0.2, 0.25) is 10.0 Å². The number of methoxy groups -OCH3 is 1. The van der Waals surface area contributed by atoms with Crippen LogP contribution in [-0.4, -0.2) is 40.8 Å². The third-order valence-electron chi connectivity index (χ3n) is 4.19. The summed E-state index contributed by atoms with van der Waals surface area (Å²) in [6, 6.07) is 4.43. The van der Waals surface area contributed by atoms with Gasteiger partial charge in [-0.25, -0.2) is 17.9 Å². The second-order valence-electron chi connectivity index (χ2n) is 6.00. The minimum absolute atomic E-state index is 0.0604. The van der Waals surface area contributed by atoms with E-state index in [1.165, 1.54) is 32.1 Å². The van der Waals surface area contributed by atoms with Gasteiger partial charge >= 0.3 is 5.97 Å². The molecule has 0 spiro atoms. The highest BCUT2D eigenvalue weighted by Gasteiger charge is 2.18. The molecule has 1 saturated carbocycles. The van der Waals surface area contributed by atoms with Gasteiger partial charge in [-0.2, -0.15) is 0 Å². The number of rotatable bonds is 8. The Hall–Kier alpha value is -1.44. The first-order valence-electron chi connectivity index (χ1n) is 8.24. The van der Waals surface area contributed by atoms with Crippen LogP contribution in [0, 0.1) is 6.92 Å². The van der Waals surface area contributed by atoms with Crippen LogP contribution in [0.4, 0.5) is 0 Å². The van der Waals surface area contributed by atoms with Crippen LogP contribution in [0.2, 0.25) is 0 Å². The van der Waals surface area contributed by atoms with Crippen molar-refractivity contribution in [2.24, 2.45) is 0 Å². The standard InChI is InChI=1S/C17H25NO5S/c1-13-8-9-15(12-16(13)17(19)22-2)24(20,21)18-10-5-11-23-14-6-3-4-7-14/h8-9,12,14,18H,3-7,10-11H2,1-2H3. The summed E-state index contributed by atoms with van der Waals surface area (Å²) in [5.74, 6) is -0.547. The van der Waals surface area contributed by atoms with Gasteiger partial charge in [0.15, 0.2) is 0 Å². The third-order valence-corrected chi connectivity index (χ3v) is 5.65. The minimum Gasteiger partial charge on any atom is -0.465 e. The topological polar surface area (TPSA) is 81.7 Å². The van der Waals surface area contributed by atoms with E-state index >= 15 is 0 Å². The van der Waals surface area contributed by atoms with Gasteiger partial charge in [0.05, 0.1) is 23.7 Å². The predicted octanol–water partition coefficient (Wildman–Crippen LogP) is 2.41. The van der Waals surface area contributed by atoms with Crippen molar-refractivity contribution in [1.29, 1.82) is 0 Å². The zero-order valence-corrected chi connectivity index (χ0v) is 15.0. The van der Waals surface area contributed by atoms with Gasteiger partial charge in [-0.3, -0.25) is 0 Å². The van der Waals surface area contributed by atoms with Crippen LogP contribution in [0.1, 0.15) is 48.0 Å². The fraction of sp³-hybridized carbons (Fsp3) is 0.588. The number of ether oxygens (including phenoxy) is 2. The molecular formula is C17H25NO5S. The Morgan fingerprint density at radius 2 is 2.00 bits per heavy atom. The number of carbonyl (C=O) groups excluding carboxylic acids is 1. The van der Waals surface area contributed by atoms with E-state index < -0.39 is 16.0 Å². The smallest absolute Gasteiger partial charge is 0.338 e. The van der Waals surface area contributed by atoms with Gasteiger partial charge in [0, 0.05) is 13.2 Å². The first-order chi connectivity index (χ1) is 11.4. The second-order valence-corrected chi connectivity index (χ2v) is 7.76. The predicted molar refractivity (Wildman–Crippen MR) is 90.5 cm³/mol. The van der Waals surface area contributed by atoms with Crippen LogP contribution in [0.15, 0.2) is 23.1 Å². The summed E-state index contributed by atoms with van der Waals surface area (Å²) in [5.41, 5.74) is 0.927. The minimum atomic E-state index is -3.65. The summed E-state index contributed by atoms with van der Waals surface area (Å²) in [5, 5.41) is 0. The van der Waals surface area contributed by atoms with E-state index in [1.54, 1.807) is 13.0 Å². The van der Waals surface area contributed by atoms with Crippen molar-refractivity contribution < 1.29 is 22.7 Å². The summed E-state index contributed by atoms with van der Waals surface area (Å²) in [7, 11) is -2.38. The lowest BCUT2D eigenvalue weighted by molar-refractivity contribution is 0.0574. The third kappa shape index (κ3) is 5.03. The molecule has 1 aliphatic carbocycles. The molecule has 0 unspecified atom stereocenters. The zero-order chi connectivity index (χ0) is 17.6. The highest BCUT2D eigenvalue weighted by molar-refractivity contribution is 7.89. The first kappa shape index (κ1) is 18.9. The van der Waals surface area contributed by atoms with Crippen molar-refractivity contribution in [3.05, 3.63) is 29.3 Å². The quantitative estimate of drug-likeness (QED) is 0.572. The molecule has 1 fully saturated rings. The Balaban J connectivity index is 1.88. The number of nitrogens with one attached hydrogen (secondary N) is 1. The Labute approximate surface area is 143 Å². The molecule has 2 rings (SSSR count). The summed E-state index contributed by atoms with van der Waals surface area (Å²) >= 11 is 0. The van der Waals surface area contributed by atoms with Crippen LogP contribution in [-0.2, 0) is 19.5 Å². The van der Waals surface area contributed by atoms with E-state index in [4.69, 9.17) is 4.74 Å². The number of aryl methyl sites for hydroxylation is 1. The Morgan fingerprint density at radius 1 is 1.29 bits per heavy atom. The molecule has 0 saturated heterocycles. The average Bonchev–Trinajstić information content (AvgIpc) is 3.07. The number of benzene rings is 1. The molecule has 0 radical (unpaired) electrons. The highest BCUT2D eigenvalue weighted by atomic mass is 32.2. The van der Waals surface area contributed by atoms with Crippen LogP contribution in [0.3, 0.4) is 0 Å². The second kappa shape index (κ2) is 8.60. The largest absolute Gasteiger partial charge is 0.465 e. The summed E-state index contributed by atoms with van der Waals surface area (Å²) in [4.78, 5) is 11.7. The average molecular weight is 355 g/mol. The SMILES string of the molecule is COC(=O)c1cc(S(=O)(=O)NCCCOC2CCCC2)ccc1C. The summed E-state index contributed by atoms with van der Waals surface area (Å²) in [6.07, 6.45) is 5.59. The van der Waals surface area contributed by atoms with Crippen molar-refractivity contribution in [2.75, 3.05) is 20.3 Å². The zero-order valence-electron chi connectivity index (χ0n) is 14.2. The van der Waals surface area contributed by atoms with E-state index in [9.17, 15) is 13.2 Å². The van der Waals surface area contributed by atoms with Gasteiger partial charge < -0.3 is 9.47 Å². The number of esters is 1. The molecule has 0 aliphatic heterocycles. The van der Waals surface area contributed by atoms with Crippen molar-refractivity contribution in [1.82, 2.24) is 4.72 Å². The molecule has 1 aromatic rings. The Morgan fingerprint density at radius 3 is 2.67 bits per heavy atom. The molecule has 24 heavy (non-hydrogen) atoms. The molecule has 7 heteroatoms. The lowest BCUT2D eigenvalue weighted by Gasteiger charge is -2.12. The van der Waals surface area contributed by atoms with E-state index in [0.717, 1.165) is 12.8 Å². The Kier molecular flexibility index (Phi) is 6.77. The molecule has 6 nitrogen and oxygen atoms in total. The number of carbonyl (C=O) groups is 1. The molecule has 0 heterocycles. The first-order valence-corrected chi connectivity index (χ1v) is 9.72. The summed E-state index contributed by atoms with van der Waals surface area (Å²) < 4.78 is 37.6. The lowest BCUT2D eigenvalue weighted by Crippen LogP contribution is -2.26. The molecule has 1 aliphatic rings. The molecule has 1 N–H and O–H groups in total. The highest BCUT2D eigenvalue weighted by Crippen LogP contribution is 2.21. The molecule has 1 aromatic carbocycles. The summed E-state index contributed by atoms with van der Waals surface area (Å²) in [6.45, 7) is 2.58. The van der Waals surface area contributed by atoms with Crippen LogP contribution in [0.5, 0.6) is 0 Å². The van der Waals surface area contributed by atoms with E-state index in [1.807, 2.05) is 0 Å². The fourth-order valence-electron chi connectivity index (χ4n) is 2.77. The molecule has 134 valence electrons. The van der Waals surface area contributed by atoms with Crippen molar-refractivity contribution in [2.45, 2.75) is 50.0 Å². The van der Waals surface area contributed by atoms with Gasteiger partial charge in [-0.15, -0.1) is 0 Å². The Bertz CT molecular complexity index is 666. The van der Waals surface area contributed by atoms with E-state index in [0.29, 0.717) is 31.2 Å². The van der Waals surface area contributed by atoms with Gasteiger partial charge in [0.25, 0.3) is 0 Å². The van der Waals surface area contributed by atoms with Crippen LogP contribution in [0.25, 0.3) is 0 Å². The maximum atomic E-state index is 12.3. The van der Waals surface area contributed by atoms with Crippen molar-refractivity contribution in [3.63, 3.8) is 0 Å². The normalized spacial score (nSPS) is 15.6. The molecule has 0 amide bonds. The molecule has 0 bridgehead atoms. The molecular weight excluding hydrogens is 330 g/mol. The lowest BCUT2D eigenvalue weighted by atomic mass is 10.1. The molecule has 0 atom stereocenters. The fourth-order valence-corrected chi connectivity index (χ4v) is 3.87. The van der Waals surface area contributed by atoms with Crippen LogP contribution >= 0.6 is 0 Å². The number of hydrogen-bond donors (Lipinski definition) is 1. The van der Waals surface area contributed by atoms with Gasteiger partial charge in [-0.1, -0.05) is 18.9 Å². The number of sulfonamides is 1. The maximum Gasteiger partial charge on any atom is 0.338 e. The monoisotopic (exact) mass is 355 g/mol. The molecule has 0 aromatic heterocycles. The van der Waals surface area contributed by atoms with E-state index in [-0.39, 0.29) is 10.5 Å². The van der Waals surface area contributed by atoms with Gasteiger partial charge in [-0.05, 0) is 43.9 Å². The van der Waals surface area contributed by atoms with Gasteiger partial charge in [0.1, 0.15) is 0 Å².